The van der Waals surface area contributed by atoms with Gasteiger partial charge in [0.1, 0.15) is 0 Å². The Bertz CT molecular complexity index is 271. The van der Waals surface area contributed by atoms with Crippen molar-refractivity contribution in [2.45, 2.75) is 140 Å². The number of hydrogen-bond donors (Lipinski definition) is 0. The van der Waals surface area contributed by atoms with Crippen LogP contribution in [0.4, 0.5) is 0 Å². The molecule has 0 saturated carbocycles. The summed E-state index contributed by atoms with van der Waals surface area (Å²) in [5.74, 6) is 0. The smallest absolute Gasteiger partial charge is 0.0203 e. The van der Waals surface area contributed by atoms with Crippen LogP contribution in [-0.2, 0) is 0 Å². The first-order chi connectivity index (χ1) is 9.89. The number of hydrogen-bond acceptors (Lipinski definition) is 0. The lowest BCUT2D eigenvalue weighted by atomic mass is 9.94. The van der Waals surface area contributed by atoms with E-state index in [4.69, 9.17) is 0 Å². The van der Waals surface area contributed by atoms with Crippen LogP contribution in [-0.4, -0.2) is 0 Å². The molecule has 0 nitrogen and oxygen atoms in total. The topological polar surface area (TPSA) is 0 Å². The minimum absolute atomic E-state index is 0. The molecule has 0 bridgehead atoms. The van der Waals surface area contributed by atoms with Gasteiger partial charge in [0, 0.05) is 0 Å². The molecule has 0 saturated heterocycles. The Labute approximate surface area is 180 Å². The van der Waals surface area contributed by atoms with Crippen LogP contribution in [0.5, 0.6) is 0 Å². The first-order valence-electron chi connectivity index (χ1n) is 9.13. The molecule has 0 N–H and O–H groups in total. The maximum Gasteiger partial charge on any atom is -0.0203 e. The highest BCUT2D eigenvalue weighted by atomic mass is 14.1. The van der Waals surface area contributed by atoms with Gasteiger partial charge in [-0.05, 0) is 43.9 Å². The Morgan fingerprint density at radius 3 is 0.852 bits per heavy atom. The molecule has 0 rings (SSSR count). The second-order valence-corrected chi connectivity index (χ2v) is 10.1. The summed E-state index contributed by atoms with van der Waals surface area (Å²) in [5.41, 5.74) is 2.79. The highest BCUT2D eigenvalue weighted by Gasteiger charge is 2.03. The van der Waals surface area contributed by atoms with E-state index in [1.54, 1.807) is 0 Å². The Kier molecular flexibility index (Phi) is 47.5. The van der Waals surface area contributed by atoms with Gasteiger partial charge in [0.2, 0.25) is 0 Å². The zero-order chi connectivity index (χ0) is 19.9. The predicted molar refractivity (Wildman–Crippen MR) is 141 cm³/mol. The van der Waals surface area contributed by atoms with Gasteiger partial charge in [-0.2, -0.15) is 0 Å². The van der Waals surface area contributed by atoms with E-state index >= 15 is 0 Å². The molecule has 0 spiro atoms. The van der Waals surface area contributed by atoms with Crippen LogP contribution in [0.15, 0.2) is 23.8 Å². The summed E-state index contributed by atoms with van der Waals surface area (Å²) in [6.07, 6.45) is 7.62. The van der Waals surface area contributed by atoms with Gasteiger partial charge in [0.05, 0.1) is 0 Å². The van der Waals surface area contributed by atoms with Gasteiger partial charge in [-0.25, -0.2) is 0 Å². The summed E-state index contributed by atoms with van der Waals surface area (Å²) in [6.45, 7) is 32.5. The van der Waals surface area contributed by atoms with Crippen molar-refractivity contribution >= 4 is 0 Å². The van der Waals surface area contributed by atoms with Crippen molar-refractivity contribution in [1.82, 2.24) is 0 Å². The fourth-order valence-corrected chi connectivity index (χ4v) is 0.500. The minimum Gasteiger partial charge on any atom is -0.0911 e. The summed E-state index contributed by atoms with van der Waals surface area (Å²) in [5, 5.41) is 0. The summed E-state index contributed by atoms with van der Waals surface area (Å²) < 4.78 is 0. The maximum absolute atomic E-state index is 2.24. The molecule has 0 fully saturated rings. The monoisotopic (exact) mass is 391 g/mol. The van der Waals surface area contributed by atoms with Crippen LogP contribution >= 0.6 is 0 Å². The largest absolute Gasteiger partial charge is 0.0911 e. The van der Waals surface area contributed by atoms with Gasteiger partial charge in [0.25, 0.3) is 0 Å². The Balaban J connectivity index is -0.0000000286. The van der Waals surface area contributed by atoms with Crippen LogP contribution in [0.25, 0.3) is 0 Å². The Morgan fingerprint density at radius 2 is 0.852 bits per heavy atom. The normalized spacial score (nSPS) is 9.59. The molecular formula is C27H66. The zero-order valence-corrected chi connectivity index (χ0v) is 19.4. The summed E-state index contributed by atoms with van der Waals surface area (Å²) in [7, 11) is 0. The summed E-state index contributed by atoms with van der Waals surface area (Å²) in [6, 6.07) is 0. The first kappa shape index (κ1) is 50.3. The Hall–Kier alpha value is -0.520. The summed E-state index contributed by atoms with van der Waals surface area (Å²) in [4.78, 5) is 0. The second-order valence-electron chi connectivity index (χ2n) is 10.1. The van der Waals surface area contributed by atoms with Crippen molar-refractivity contribution in [3.05, 3.63) is 23.8 Å². The van der Waals surface area contributed by atoms with Crippen LogP contribution in [0.1, 0.15) is 140 Å². The van der Waals surface area contributed by atoms with Gasteiger partial charge in [0.15, 0.2) is 0 Å². The lowest BCUT2D eigenvalue weighted by Crippen LogP contribution is -2.00. The lowest BCUT2D eigenvalue weighted by Gasteiger charge is -2.12. The predicted octanol–water partition coefficient (Wildman–Crippen LogP) is 11.6. The molecule has 0 radical (unpaired) electrons. The van der Waals surface area contributed by atoms with Crippen molar-refractivity contribution < 1.29 is 0 Å². The SMILES string of the molecule is C.C.C.C.CC(C)(C)C.CC=C(C)C.CC=CC(C)(C)C.CCC(C)(C)C. The fourth-order valence-electron chi connectivity index (χ4n) is 0.500. The highest BCUT2D eigenvalue weighted by molar-refractivity contribution is 4.89. The third kappa shape index (κ3) is 195. The van der Waals surface area contributed by atoms with Crippen LogP contribution in [0, 0.1) is 16.2 Å². The summed E-state index contributed by atoms with van der Waals surface area (Å²) >= 11 is 0. The van der Waals surface area contributed by atoms with Gasteiger partial charge < -0.3 is 0 Å². The van der Waals surface area contributed by atoms with E-state index in [0.717, 1.165) is 0 Å². The van der Waals surface area contributed by atoms with Gasteiger partial charge >= 0.3 is 0 Å². The maximum atomic E-state index is 2.24. The van der Waals surface area contributed by atoms with Gasteiger partial charge in [-0.15, -0.1) is 0 Å². The molecule has 0 amide bonds. The van der Waals surface area contributed by atoms with Crippen LogP contribution < -0.4 is 0 Å². The molecule has 0 unspecified atom stereocenters. The van der Waals surface area contributed by atoms with Crippen molar-refractivity contribution in [3.63, 3.8) is 0 Å². The quantitative estimate of drug-likeness (QED) is 0.360. The molecule has 0 heteroatoms. The fraction of sp³-hybridized carbons (Fsp3) is 0.852. The molecule has 174 valence electrons. The molecule has 0 aromatic heterocycles. The standard InChI is InChI=1S/C7H14.C6H14.C5H12.C5H10.4CH4/c1-5-6-7(2,3)4;1-5-6(2,3)4;1-5(2,3)4;1-4-5(2)3;;;;/h5-6H,1-4H3;5H2,1-4H3;1-4H3;4H,1-3H3;4*1H4. The van der Waals surface area contributed by atoms with Crippen LogP contribution in [0.3, 0.4) is 0 Å². The second kappa shape index (κ2) is 25.5. The van der Waals surface area contributed by atoms with E-state index in [9.17, 15) is 0 Å². The molecule has 0 aromatic rings. The third-order valence-corrected chi connectivity index (χ3v) is 2.30. The van der Waals surface area contributed by atoms with Crippen molar-refractivity contribution in [1.29, 1.82) is 0 Å². The molecule has 0 aliphatic heterocycles. The molecular weight excluding hydrogens is 324 g/mol. The molecule has 0 heterocycles. The number of rotatable bonds is 0. The highest BCUT2D eigenvalue weighted by Crippen LogP contribution is 2.16. The van der Waals surface area contributed by atoms with E-state index < -0.39 is 0 Å². The molecule has 27 heavy (non-hydrogen) atoms. The van der Waals surface area contributed by atoms with E-state index in [-0.39, 0.29) is 29.7 Å². The molecule has 0 aliphatic carbocycles. The van der Waals surface area contributed by atoms with Crippen molar-refractivity contribution in [2.24, 2.45) is 16.2 Å². The number of allylic oxidation sites excluding steroid dienone is 4. The van der Waals surface area contributed by atoms with Crippen molar-refractivity contribution in [3.8, 4) is 0 Å². The van der Waals surface area contributed by atoms with Gasteiger partial charge in [-0.3, -0.25) is 0 Å². The molecule has 0 aliphatic rings. The third-order valence-electron chi connectivity index (χ3n) is 2.30. The molecule has 0 aromatic carbocycles. The average Bonchev–Trinajstić information content (AvgIpc) is 2.25. The van der Waals surface area contributed by atoms with E-state index in [1.807, 2.05) is 13.8 Å². The molecule has 0 atom stereocenters. The van der Waals surface area contributed by atoms with Gasteiger partial charge in [-0.1, -0.05) is 136 Å². The van der Waals surface area contributed by atoms with E-state index in [2.05, 4.69) is 108 Å². The average molecular weight is 391 g/mol. The zero-order valence-electron chi connectivity index (χ0n) is 19.4. The Morgan fingerprint density at radius 1 is 0.667 bits per heavy atom. The van der Waals surface area contributed by atoms with E-state index in [0.29, 0.717) is 16.2 Å². The lowest BCUT2D eigenvalue weighted by molar-refractivity contribution is 0.398. The first-order valence-corrected chi connectivity index (χ1v) is 9.13. The van der Waals surface area contributed by atoms with Crippen molar-refractivity contribution in [2.75, 3.05) is 0 Å². The minimum atomic E-state index is 0. The van der Waals surface area contributed by atoms with E-state index in [1.165, 1.54) is 12.0 Å². The van der Waals surface area contributed by atoms with Crippen LogP contribution in [0.2, 0.25) is 0 Å².